The number of hydrogen-bond donors (Lipinski definition) is 2. The van der Waals surface area contributed by atoms with E-state index in [2.05, 4.69) is 24.1 Å². The van der Waals surface area contributed by atoms with Gasteiger partial charge < -0.3 is 11.1 Å². The van der Waals surface area contributed by atoms with Crippen molar-refractivity contribution in [1.29, 1.82) is 0 Å². The van der Waals surface area contributed by atoms with Crippen molar-refractivity contribution in [3.05, 3.63) is 18.2 Å². The molecule has 1 heterocycles. The minimum absolute atomic E-state index is 0.515. The SMILES string of the molecule is CC1(C)CCC(Nc2cccc(N)n2)CC1. The quantitative estimate of drug-likeness (QED) is 0.803. The lowest BCUT2D eigenvalue weighted by molar-refractivity contribution is 0.232. The van der Waals surface area contributed by atoms with E-state index in [1.807, 2.05) is 18.2 Å². The van der Waals surface area contributed by atoms with Crippen molar-refractivity contribution in [3.63, 3.8) is 0 Å². The zero-order valence-electron chi connectivity index (χ0n) is 10.2. The van der Waals surface area contributed by atoms with Crippen molar-refractivity contribution in [2.24, 2.45) is 5.41 Å². The van der Waals surface area contributed by atoms with Gasteiger partial charge in [0.2, 0.25) is 0 Å². The van der Waals surface area contributed by atoms with Gasteiger partial charge in [0.15, 0.2) is 0 Å². The fraction of sp³-hybridized carbons (Fsp3) is 0.615. The Morgan fingerprint density at radius 2 is 2.00 bits per heavy atom. The Morgan fingerprint density at radius 1 is 1.31 bits per heavy atom. The van der Waals surface area contributed by atoms with Gasteiger partial charge in [-0.25, -0.2) is 4.98 Å². The first-order valence-electron chi connectivity index (χ1n) is 6.04. The molecule has 0 aromatic carbocycles. The summed E-state index contributed by atoms with van der Waals surface area (Å²) >= 11 is 0. The minimum atomic E-state index is 0.515. The molecule has 1 saturated carbocycles. The second kappa shape index (κ2) is 4.32. The van der Waals surface area contributed by atoms with Gasteiger partial charge in [-0.3, -0.25) is 0 Å². The first-order chi connectivity index (χ1) is 7.55. The Bertz CT molecular complexity index is 350. The molecule has 1 aromatic heterocycles. The molecular weight excluding hydrogens is 198 g/mol. The zero-order valence-corrected chi connectivity index (χ0v) is 10.2. The molecule has 0 aliphatic heterocycles. The number of hydrogen-bond acceptors (Lipinski definition) is 3. The number of nitrogens with one attached hydrogen (secondary N) is 1. The predicted molar refractivity (Wildman–Crippen MR) is 68.3 cm³/mol. The topological polar surface area (TPSA) is 50.9 Å². The summed E-state index contributed by atoms with van der Waals surface area (Å²) in [6, 6.07) is 6.30. The Hall–Kier alpha value is -1.25. The second-order valence-corrected chi connectivity index (χ2v) is 5.53. The number of aromatic nitrogens is 1. The van der Waals surface area contributed by atoms with Crippen LogP contribution >= 0.6 is 0 Å². The van der Waals surface area contributed by atoms with Crippen molar-refractivity contribution in [2.75, 3.05) is 11.1 Å². The highest BCUT2D eigenvalue weighted by atomic mass is 15.0. The first-order valence-corrected chi connectivity index (χ1v) is 6.04. The summed E-state index contributed by atoms with van der Waals surface area (Å²) in [5, 5.41) is 3.47. The van der Waals surface area contributed by atoms with E-state index in [0.29, 0.717) is 17.3 Å². The summed E-state index contributed by atoms with van der Waals surface area (Å²) in [7, 11) is 0. The molecule has 0 unspecified atom stereocenters. The molecule has 16 heavy (non-hydrogen) atoms. The van der Waals surface area contributed by atoms with Crippen LogP contribution in [-0.4, -0.2) is 11.0 Å². The van der Waals surface area contributed by atoms with Crippen molar-refractivity contribution in [3.8, 4) is 0 Å². The Labute approximate surface area is 97.5 Å². The number of anilines is 2. The molecule has 0 radical (unpaired) electrons. The smallest absolute Gasteiger partial charge is 0.128 e. The average molecular weight is 219 g/mol. The van der Waals surface area contributed by atoms with Crippen LogP contribution in [0.3, 0.4) is 0 Å². The molecule has 0 spiro atoms. The number of nitrogens with zero attached hydrogens (tertiary/aromatic N) is 1. The molecule has 0 saturated heterocycles. The maximum absolute atomic E-state index is 5.66. The molecule has 3 N–H and O–H groups in total. The Kier molecular flexibility index (Phi) is 3.03. The molecule has 88 valence electrons. The fourth-order valence-corrected chi connectivity index (χ4v) is 2.28. The lowest BCUT2D eigenvalue weighted by Gasteiger charge is -2.34. The lowest BCUT2D eigenvalue weighted by atomic mass is 9.75. The Balaban J connectivity index is 1.92. The fourth-order valence-electron chi connectivity index (χ4n) is 2.28. The van der Waals surface area contributed by atoms with Crippen LogP contribution in [-0.2, 0) is 0 Å². The van der Waals surface area contributed by atoms with Gasteiger partial charge in [0.1, 0.15) is 11.6 Å². The third-order valence-corrected chi connectivity index (χ3v) is 3.46. The van der Waals surface area contributed by atoms with Crippen LogP contribution in [0.5, 0.6) is 0 Å². The highest BCUT2D eigenvalue weighted by Gasteiger charge is 2.26. The number of nitrogen functional groups attached to an aromatic ring is 1. The van der Waals surface area contributed by atoms with E-state index in [1.54, 1.807) is 0 Å². The third kappa shape index (κ3) is 2.87. The van der Waals surface area contributed by atoms with Crippen molar-refractivity contribution in [1.82, 2.24) is 4.98 Å². The van der Waals surface area contributed by atoms with Gasteiger partial charge in [0.05, 0.1) is 0 Å². The minimum Gasteiger partial charge on any atom is -0.384 e. The maximum atomic E-state index is 5.66. The Morgan fingerprint density at radius 3 is 2.62 bits per heavy atom. The lowest BCUT2D eigenvalue weighted by Crippen LogP contribution is -2.30. The molecule has 1 aliphatic carbocycles. The van der Waals surface area contributed by atoms with E-state index in [-0.39, 0.29) is 0 Å². The van der Waals surface area contributed by atoms with E-state index in [1.165, 1.54) is 25.7 Å². The van der Waals surface area contributed by atoms with Gasteiger partial charge >= 0.3 is 0 Å². The van der Waals surface area contributed by atoms with Crippen LogP contribution in [0.2, 0.25) is 0 Å². The summed E-state index contributed by atoms with van der Waals surface area (Å²) in [6.45, 7) is 4.70. The predicted octanol–water partition coefficient (Wildman–Crippen LogP) is 3.04. The van der Waals surface area contributed by atoms with E-state index < -0.39 is 0 Å². The van der Waals surface area contributed by atoms with Crippen LogP contribution in [0.15, 0.2) is 18.2 Å². The normalized spacial score (nSPS) is 20.6. The summed E-state index contributed by atoms with van der Waals surface area (Å²) < 4.78 is 0. The highest BCUT2D eigenvalue weighted by Crippen LogP contribution is 2.35. The summed E-state index contributed by atoms with van der Waals surface area (Å²) in [6.07, 6.45) is 5.02. The van der Waals surface area contributed by atoms with Crippen LogP contribution in [0.4, 0.5) is 11.6 Å². The van der Waals surface area contributed by atoms with Gasteiger partial charge in [-0.15, -0.1) is 0 Å². The van der Waals surface area contributed by atoms with Gasteiger partial charge in [-0.05, 0) is 43.2 Å². The maximum Gasteiger partial charge on any atom is 0.128 e. The van der Waals surface area contributed by atoms with Crippen molar-refractivity contribution in [2.45, 2.75) is 45.6 Å². The van der Waals surface area contributed by atoms with Gasteiger partial charge in [-0.2, -0.15) is 0 Å². The molecule has 3 heteroatoms. The van der Waals surface area contributed by atoms with E-state index in [0.717, 1.165) is 5.82 Å². The van der Waals surface area contributed by atoms with Crippen molar-refractivity contribution >= 4 is 11.6 Å². The molecule has 3 nitrogen and oxygen atoms in total. The number of nitrogens with two attached hydrogens (primary N) is 1. The standard InChI is InChI=1S/C13H21N3/c1-13(2)8-6-10(7-9-13)15-12-5-3-4-11(14)16-12/h3-5,10H,6-9H2,1-2H3,(H3,14,15,16). The van der Waals surface area contributed by atoms with Crippen LogP contribution < -0.4 is 11.1 Å². The largest absolute Gasteiger partial charge is 0.384 e. The molecule has 0 bridgehead atoms. The first kappa shape index (κ1) is 11.2. The van der Waals surface area contributed by atoms with Crippen LogP contribution in [0.25, 0.3) is 0 Å². The van der Waals surface area contributed by atoms with Gasteiger partial charge in [0, 0.05) is 6.04 Å². The molecule has 1 aromatic rings. The van der Waals surface area contributed by atoms with E-state index in [9.17, 15) is 0 Å². The molecule has 2 rings (SSSR count). The number of rotatable bonds is 2. The third-order valence-electron chi connectivity index (χ3n) is 3.46. The molecular formula is C13H21N3. The summed E-state index contributed by atoms with van der Waals surface area (Å²) in [5.41, 5.74) is 6.17. The summed E-state index contributed by atoms with van der Waals surface area (Å²) in [5.74, 6) is 1.49. The molecule has 0 atom stereocenters. The van der Waals surface area contributed by atoms with Crippen molar-refractivity contribution < 1.29 is 0 Å². The molecule has 0 amide bonds. The van der Waals surface area contributed by atoms with E-state index in [4.69, 9.17) is 5.73 Å². The number of pyridine rings is 1. The average Bonchev–Trinajstić information content (AvgIpc) is 2.21. The second-order valence-electron chi connectivity index (χ2n) is 5.53. The highest BCUT2D eigenvalue weighted by molar-refractivity contribution is 5.42. The zero-order chi connectivity index (χ0) is 11.6. The molecule has 1 fully saturated rings. The van der Waals surface area contributed by atoms with Crippen LogP contribution in [0, 0.1) is 5.41 Å². The monoisotopic (exact) mass is 219 g/mol. The summed E-state index contributed by atoms with van der Waals surface area (Å²) in [4.78, 5) is 4.27. The van der Waals surface area contributed by atoms with Gasteiger partial charge in [0.25, 0.3) is 0 Å². The van der Waals surface area contributed by atoms with E-state index >= 15 is 0 Å². The molecule has 1 aliphatic rings. The van der Waals surface area contributed by atoms with Crippen LogP contribution in [0.1, 0.15) is 39.5 Å². The van der Waals surface area contributed by atoms with Gasteiger partial charge in [-0.1, -0.05) is 19.9 Å².